The van der Waals surface area contributed by atoms with Gasteiger partial charge in [0.2, 0.25) is 0 Å². The Hall–Kier alpha value is -3.69. The molecule has 3 N–H and O–H groups in total. The molecule has 0 bridgehead atoms. The van der Waals surface area contributed by atoms with Gasteiger partial charge >= 0.3 is 5.97 Å². The van der Waals surface area contributed by atoms with Crippen molar-refractivity contribution >= 4 is 23.3 Å². The van der Waals surface area contributed by atoms with Crippen molar-refractivity contribution in [2.24, 2.45) is 0 Å². The number of rotatable bonds is 7. The highest BCUT2D eigenvalue weighted by molar-refractivity contribution is 5.89. The van der Waals surface area contributed by atoms with E-state index >= 15 is 0 Å². The quantitative estimate of drug-likeness (QED) is 0.556. The fourth-order valence-corrected chi connectivity index (χ4v) is 2.16. The molecule has 0 spiro atoms. The van der Waals surface area contributed by atoms with Crippen molar-refractivity contribution in [2.45, 2.75) is 13.8 Å². The molecule has 0 saturated heterocycles. The van der Waals surface area contributed by atoms with Gasteiger partial charge in [-0.05, 0) is 37.4 Å². The molecule has 2 rings (SSSR count). The zero-order valence-corrected chi connectivity index (χ0v) is 15.1. The molecule has 0 unspecified atom stereocenters. The molecular formula is C18H19N7O2. The average molecular weight is 365 g/mol. The molecule has 9 nitrogen and oxygen atoms in total. The highest BCUT2D eigenvalue weighted by Gasteiger charge is 2.13. The van der Waals surface area contributed by atoms with E-state index in [1.807, 2.05) is 24.8 Å². The lowest BCUT2D eigenvalue weighted by Crippen LogP contribution is -2.27. The maximum atomic E-state index is 12.1. The molecule has 0 aliphatic carbocycles. The molecule has 2 aromatic rings. The van der Waals surface area contributed by atoms with Gasteiger partial charge in [0, 0.05) is 5.69 Å². The second-order valence-corrected chi connectivity index (χ2v) is 5.44. The number of nitriles is 2. The molecule has 9 heteroatoms. The molecule has 1 aromatic heterocycles. The molecule has 0 amide bonds. The number of nitrogen functional groups attached to an aromatic ring is 1. The van der Waals surface area contributed by atoms with Gasteiger partial charge in [-0.2, -0.15) is 10.5 Å². The van der Waals surface area contributed by atoms with Crippen LogP contribution in [0.4, 0.5) is 17.3 Å². The lowest BCUT2D eigenvalue weighted by atomic mass is 10.2. The van der Waals surface area contributed by atoms with Crippen molar-refractivity contribution in [3.63, 3.8) is 0 Å². The number of carbonyl (C=O) groups is 1. The van der Waals surface area contributed by atoms with E-state index in [0.29, 0.717) is 11.3 Å². The number of anilines is 3. The van der Waals surface area contributed by atoms with Crippen LogP contribution in [0.15, 0.2) is 24.3 Å². The summed E-state index contributed by atoms with van der Waals surface area (Å²) >= 11 is 0. The standard InChI is InChI=1S/C18H19N7O2/c1-3-25(4-2)11-27-18(26)12-5-7-13(8-6-12)22-17-15(10-20)23-14(9-19)16(21)24-17/h5-8H,3-4,11H2,1-2H3,(H3,21,22,24). The van der Waals surface area contributed by atoms with Crippen LogP contribution in [-0.2, 0) is 4.74 Å². The predicted molar refractivity (Wildman–Crippen MR) is 98.8 cm³/mol. The topological polar surface area (TPSA) is 141 Å². The highest BCUT2D eigenvalue weighted by atomic mass is 16.5. The number of nitrogens with zero attached hydrogens (tertiary/aromatic N) is 5. The summed E-state index contributed by atoms with van der Waals surface area (Å²) in [4.78, 5) is 21.9. The maximum Gasteiger partial charge on any atom is 0.339 e. The smallest absolute Gasteiger partial charge is 0.339 e. The van der Waals surface area contributed by atoms with E-state index in [0.717, 1.165) is 13.1 Å². The van der Waals surface area contributed by atoms with Gasteiger partial charge in [0.05, 0.1) is 5.56 Å². The third kappa shape index (κ3) is 4.91. The fraction of sp³-hybridized carbons (Fsp3) is 0.278. The Balaban J connectivity index is 2.10. The minimum absolute atomic E-state index is 0.0524. The molecule has 1 heterocycles. The first-order valence-corrected chi connectivity index (χ1v) is 8.26. The Kier molecular flexibility index (Phi) is 6.64. The van der Waals surface area contributed by atoms with Crippen molar-refractivity contribution in [1.82, 2.24) is 14.9 Å². The van der Waals surface area contributed by atoms with Crippen LogP contribution in [0.1, 0.15) is 35.6 Å². The lowest BCUT2D eigenvalue weighted by molar-refractivity contribution is 0.0240. The van der Waals surface area contributed by atoms with E-state index in [-0.39, 0.29) is 29.8 Å². The van der Waals surface area contributed by atoms with Crippen molar-refractivity contribution in [3.05, 3.63) is 41.2 Å². The Labute approximate surface area is 157 Å². The van der Waals surface area contributed by atoms with E-state index in [1.54, 1.807) is 30.3 Å². The monoisotopic (exact) mass is 365 g/mol. The second kappa shape index (κ2) is 9.13. The Morgan fingerprint density at radius 1 is 1.15 bits per heavy atom. The number of esters is 1. The van der Waals surface area contributed by atoms with Gasteiger partial charge in [0.15, 0.2) is 23.0 Å². The Morgan fingerprint density at radius 2 is 1.78 bits per heavy atom. The number of ether oxygens (including phenoxy) is 1. The molecule has 0 atom stereocenters. The Morgan fingerprint density at radius 3 is 2.33 bits per heavy atom. The van der Waals surface area contributed by atoms with Crippen LogP contribution >= 0.6 is 0 Å². The summed E-state index contributed by atoms with van der Waals surface area (Å²) in [6.07, 6.45) is 0. The molecular weight excluding hydrogens is 346 g/mol. The normalized spacial score (nSPS) is 10.1. The van der Waals surface area contributed by atoms with Gasteiger partial charge in [-0.25, -0.2) is 14.8 Å². The molecule has 0 aliphatic rings. The van der Waals surface area contributed by atoms with E-state index in [1.165, 1.54) is 0 Å². The van der Waals surface area contributed by atoms with Gasteiger partial charge in [0.1, 0.15) is 18.9 Å². The van der Waals surface area contributed by atoms with Gasteiger partial charge in [0.25, 0.3) is 0 Å². The first kappa shape index (κ1) is 19.6. The average Bonchev–Trinajstić information content (AvgIpc) is 2.69. The molecule has 0 fully saturated rings. The van der Waals surface area contributed by atoms with E-state index < -0.39 is 5.97 Å². The predicted octanol–water partition coefficient (Wildman–Crippen LogP) is 2.00. The fourth-order valence-electron chi connectivity index (χ4n) is 2.16. The largest absolute Gasteiger partial charge is 0.446 e. The van der Waals surface area contributed by atoms with Gasteiger partial charge in [-0.1, -0.05) is 13.8 Å². The molecule has 27 heavy (non-hydrogen) atoms. The summed E-state index contributed by atoms with van der Waals surface area (Å²) in [7, 11) is 0. The van der Waals surface area contributed by atoms with Crippen molar-refractivity contribution < 1.29 is 9.53 Å². The van der Waals surface area contributed by atoms with Gasteiger partial charge in [-0.15, -0.1) is 0 Å². The summed E-state index contributed by atoms with van der Waals surface area (Å²) in [5, 5.41) is 21.0. The summed E-state index contributed by atoms with van der Waals surface area (Å²) in [5.74, 6) is -0.366. The third-order valence-corrected chi connectivity index (χ3v) is 3.79. The summed E-state index contributed by atoms with van der Waals surface area (Å²) in [5.41, 5.74) is 6.46. The Bertz CT molecular complexity index is 894. The minimum Gasteiger partial charge on any atom is -0.446 e. The van der Waals surface area contributed by atoms with E-state index in [4.69, 9.17) is 21.0 Å². The van der Waals surface area contributed by atoms with Gasteiger partial charge in [-0.3, -0.25) is 4.90 Å². The highest BCUT2D eigenvalue weighted by Crippen LogP contribution is 2.20. The molecule has 0 radical (unpaired) electrons. The zero-order valence-electron chi connectivity index (χ0n) is 15.1. The van der Waals surface area contributed by atoms with Crippen LogP contribution in [0.3, 0.4) is 0 Å². The summed E-state index contributed by atoms with van der Waals surface area (Å²) in [6, 6.07) is 10.1. The molecule has 0 aliphatic heterocycles. The van der Waals surface area contributed by atoms with Crippen molar-refractivity contribution in [2.75, 3.05) is 30.9 Å². The summed E-state index contributed by atoms with van der Waals surface area (Å²) < 4.78 is 5.26. The number of carbonyl (C=O) groups excluding carboxylic acids is 1. The third-order valence-electron chi connectivity index (χ3n) is 3.79. The molecule has 138 valence electrons. The number of aromatic nitrogens is 2. The zero-order chi connectivity index (χ0) is 19.8. The van der Waals surface area contributed by atoms with Crippen LogP contribution in [0, 0.1) is 22.7 Å². The van der Waals surface area contributed by atoms with Crippen LogP contribution in [-0.4, -0.2) is 40.7 Å². The SMILES string of the molecule is CCN(CC)COC(=O)c1ccc(Nc2nc(N)c(C#N)nc2C#N)cc1. The number of nitrogens with one attached hydrogen (secondary N) is 1. The molecule has 1 aromatic carbocycles. The van der Waals surface area contributed by atoms with Crippen LogP contribution in [0.2, 0.25) is 0 Å². The first-order chi connectivity index (χ1) is 13.0. The summed E-state index contributed by atoms with van der Waals surface area (Å²) in [6.45, 7) is 5.81. The lowest BCUT2D eigenvalue weighted by Gasteiger charge is -2.17. The number of nitrogens with two attached hydrogens (primary N) is 1. The number of hydrogen-bond acceptors (Lipinski definition) is 9. The van der Waals surface area contributed by atoms with Crippen LogP contribution < -0.4 is 11.1 Å². The van der Waals surface area contributed by atoms with E-state index in [9.17, 15) is 4.79 Å². The maximum absolute atomic E-state index is 12.1. The van der Waals surface area contributed by atoms with Crippen LogP contribution in [0.5, 0.6) is 0 Å². The molecule has 0 saturated carbocycles. The second-order valence-electron chi connectivity index (χ2n) is 5.44. The van der Waals surface area contributed by atoms with Gasteiger partial charge < -0.3 is 15.8 Å². The minimum atomic E-state index is -0.423. The first-order valence-electron chi connectivity index (χ1n) is 8.26. The van der Waals surface area contributed by atoms with Crippen LogP contribution in [0.25, 0.3) is 0 Å². The van der Waals surface area contributed by atoms with Crippen molar-refractivity contribution in [1.29, 1.82) is 10.5 Å². The number of benzene rings is 1. The van der Waals surface area contributed by atoms with E-state index in [2.05, 4.69) is 15.3 Å². The number of hydrogen-bond donors (Lipinski definition) is 2. The van der Waals surface area contributed by atoms with Crippen molar-refractivity contribution in [3.8, 4) is 12.1 Å².